The molecular formula is C17H27BrN2. The van der Waals surface area contributed by atoms with Gasteiger partial charge in [0.05, 0.1) is 0 Å². The van der Waals surface area contributed by atoms with Crippen molar-refractivity contribution in [3.8, 4) is 0 Å². The van der Waals surface area contributed by atoms with Gasteiger partial charge in [0.2, 0.25) is 0 Å². The maximum Gasteiger partial charge on any atom is 0.0410 e. The normalized spacial score (nSPS) is 23.5. The van der Waals surface area contributed by atoms with Gasteiger partial charge in [-0.2, -0.15) is 0 Å². The Morgan fingerprint density at radius 1 is 1.20 bits per heavy atom. The standard InChI is InChI=1S/C17H27BrN2/c1-2-8-19-12-16-7-5-3-4-6-15(16)9-14-10-17(18)13-20-11-14/h10-11,13,15-16,19H,2-9,12H2,1H3. The molecule has 0 radical (unpaired) electrons. The SMILES string of the molecule is CCCNCC1CCCCCC1Cc1cncc(Br)c1. The van der Waals surface area contributed by atoms with Gasteiger partial charge in [-0.1, -0.05) is 26.2 Å². The average Bonchev–Trinajstić information content (AvgIpc) is 2.65. The fraction of sp³-hybridized carbons (Fsp3) is 0.706. The zero-order chi connectivity index (χ0) is 14.2. The Balaban J connectivity index is 1.96. The van der Waals surface area contributed by atoms with Crippen LogP contribution in [0, 0.1) is 11.8 Å². The van der Waals surface area contributed by atoms with Crippen molar-refractivity contribution >= 4 is 15.9 Å². The van der Waals surface area contributed by atoms with E-state index in [9.17, 15) is 0 Å². The van der Waals surface area contributed by atoms with Crippen LogP contribution in [0.3, 0.4) is 0 Å². The second-order valence-electron chi connectivity index (χ2n) is 6.08. The van der Waals surface area contributed by atoms with E-state index in [1.165, 1.54) is 57.1 Å². The molecule has 0 aliphatic heterocycles. The van der Waals surface area contributed by atoms with Gasteiger partial charge in [0.1, 0.15) is 0 Å². The first-order valence-corrected chi connectivity index (χ1v) is 8.89. The van der Waals surface area contributed by atoms with Crippen molar-refractivity contribution in [2.75, 3.05) is 13.1 Å². The molecule has 1 aromatic heterocycles. The van der Waals surface area contributed by atoms with Gasteiger partial charge in [-0.3, -0.25) is 4.98 Å². The summed E-state index contributed by atoms with van der Waals surface area (Å²) >= 11 is 3.53. The summed E-state index contributed by atoms with van der Waals surface area (Å²) in [4.78, 5) is 4.31. The summed E-state index contributed by atoms with van der Waals surface area (Å²) < 4.78 is 1.10. The van der Waals surface area contributed by atoms with Crippen molar-refractivity contribution in [1.82, 2.24) is 10.3 Å². The lowest BCUT2D eigenvalue weighted by Gasteiger charge is -2.25. The number of hydrogen-bond donors (Lipinski definition) is 1. The Bertz CT molecular complexity index is 394. The Morgan fingerprint density at radius 2 is 2.00 bits per heavy atom. The molecule has 20 heavy (non-hydrogen) atoms. The summed E-state index contributed by atoms with van der Waals surface area (Å²) in [5.74, 6) is 1.65. The van der Waals surface area contributed by atoms with Crippen molar-refractivity contribution in [2.24, 2.45) is 11.8 Å². The molecule has 2 nitrogen and oxygen atoms in total. The molecule has 1 aliphatic carbocycles. The minimum Gasteiger partial charge on any atom is -0.316 e. The molecule has 1 N–H and O–H groups in total. The number of hydrogen-bond acceptors (Lipinski definition) is 2. The van der Waals surface area contributed by atoms with Crippen molar-refractivity contribution in [3.63, 3.8) is 0 Å². The number of nitrogens with one attached hydrogen (secondary N) is 1. The van der Waals surface area contributed by atoms with Gasteiger partial charge < -0.3 is 5.32 Å². The molecule has 3 heteroatoms. The summed E-state index contributed by atoms with van der Waals surface area (Å²) in [7, 11) is 0. The molecule has 0 amide bonds. The molecule has 1 saturated carbocycles. The first-order chi connectivity index (χ1) is 9.79. The van der Waals surface area contributed by atoms with Crippen LogP contribution in [0.25, 0.3) is 0 Å². The van der Waals surface area contributed by atoms with Crippen LogP contribution in [-0.2, 0) is 6.42 Å². The second-order valence-corrected chi connectivity index (χ2v) is 6.99. The van der Waals surface area contributed by atoms with Gasteiger partial charge in [0.25, 0.3) is 0 Å². The lowest BCUT2D eigenvalue weighted by molar-refractivity contribution is 0.298. The van der Waals surface area contributed by atoms with Crippen molar-refractivity contribution in [3.05, 3.63) is 28.5 Å². The first-order valence-electron chi connectivity index (χ1n) is 8.09. The van der Waals surface area contributed by atoms with Crippen LogP contribution >= 0.6 is 15.9 Å². The lowest BCUT2D eigenvalue weighted by atomic mass is 9.83. The Kier molecular flexibility index (Phi) is 7.01. The van der Waals surface area contributed by atoms with Crippen LogP contribution in [0.4, 0.5) is 0 Å². The predicted molar refractivity (Wildman–Crippen MR) is 88.9 cm³/mol. The molecule has 1 aromatic rings. The fourth-order valence-electron chi connectivity index (χ4n) is 3.33. The zero-order valence-electron chi connectivity index (χ0n) is 12.6. The van der Waals surface area contributed by atoms with Crippen LogP contribution in [0.1, 0.15) is 51.0 Å². The Morgan fingerprint density at radius 3 is 2.75 bits per heavy atom. The minimum atomic E-state index is 0.818. The van der Waals surface area contributed by atoms with Crippen molar-refractivity contribution < 1.29 is 0 Å². The van der Waals surface area contributed by atoms with Gasteiger partial charge in [0.15, 0.2) is 0 Å². The number of pyridine rings is 1. The van der Waals surface area contributed by atoms with Crippen molar-refractivity contribution in [1.29, 1.82) is 0 Å². The van der Waals surface area contributed by atoms with E-state index in [0.717, 1.165) is 22.9 Å². The highest BCUT2D eigenvalue weighted by atomic mass is 79.9. The number of aromatic nitrogens is 1. The molecule has 0 bridgehead atoms. The van der Waals surface area contributed by atoms with E-state index >= 15 is 0 Å². The number of rotatable bonds is 6. The third-order valence-electron chi connectivity index (χ3n) is 4.41. The Labute approximate surface area is 131 Å². The highest BCUT2D eigenvalue weighted by molar-refractivity contribution is 9.10. The monoisotopic (exact) mass is 338 g/mol. The predicted octanol–water partition coefficient (Wildman–Crippen LogP) is 4.58. The molecule has 0 spiro atoms. The zero-order valence-corrected chi connectivity index (χ0v) is 14.2. The van der Waals surface area contributed by atoms with E-state index < -0.39 is 0 Å². The fourth-order valence-corrected chi connectivity index (χ4v) is 3.75. The van der Waals surface area contributed by atoms with Crippen molar-refractivity contribution in [2.45, 2.75) is 51.9 Å². The summed E-state index contributed by atoms with van der Waals surface area (Å²) in [5, 5.41) is 3.63. The summed E-state index contributed by atoms with van der Waals surface area (Å²) in [5.41, 5.74) is 1.38. The quantitative estimate of drug-likeness (QED) is 0.606. The van der Waals surface area contributed by atoms with E-state index in [4.69, 9.17) is 0 Å². The maximum absolute atomic E-state index is 4.31. The van der Waals surface area contributed by atoms with E-state index in [1.54, 1.807) is 0 Å². The topological polar surface area (TPSA) is 24.9 Å². The van der Waals surface area contributed by atoms with E-state index in [2.05, 4.69) is 39.2 Å². The molecule has 1 fully saturated rings. The molecular weight excluding hydrogens is 312 g/mol. The third kappa shape index (κ3) is 5.17. The minimum absolute atomic E-state index is 0.818. The van der Waals surface area contributed by atoms with Gasteiger partial charge in [-0.15, -0.1) is 0 Å². The van der Waals surface area contributed by atoms with Gasteiger partial charge in [-0.05, 0) is 78.2 Å². The van der Waals surface area contributed by atoms with Gasteiger partial charge in [0, 0.05) is 16.9 Å². The molecule has 2 unspecified atom stereocenters. The van der Waals surface area contributed by atoms with Crippen LogP contribution in [-0.4, -0.2) is 18.1 Å². The largest absolute Gasteiger partial charge is 0.316 e. The van der Waals surface area contributed by atoms with Gasteiger partial charge in [-0.25, -0.2) is 0 Å². The van der Waals surface area contributed by atoms with Crippen LogP contribution in [0.15, 0.2) is 22.9 Å². The lowest BCUT2D eigenvalue weighted by Crippen LogP contribution is -2.29. The smallest absolute Gasteiger partial charge is 0.0410 e. The van der Waals surface area contributed by atoms with Gasteiger partial charge >= 0.3 is 0 Å². The van der Waals surface area contributed by atoms with E-state index in [0.29, 0.717) is 0 Å². The maximum atomic E-state index is 4.31. The molecule has 2 rings (SSSR count). The Hall–Kier alpha value is -0.410. The average molecular weight is 339 g/mol. The van der Waals surface area contributed by atoms with E-state index in [1.807, 2.05) is 12.4 Å². The highest BCUT2D eigenvalue weighted by Crippen LogP contribution is 2.31. The molecule has 0 aromatic carbocycles. The molecule has 1 aliphatic rings. The number of halogens is 1. The van der Waals surface area contributed by atoms with E-state index in [-0.39, 0.29) is 0 Å². The summed E-state index contributed by atoms with van der Waals surface area (Å²) in [6.07, 6.45) is 13.3. The molecule has 0 saturated heterocycles. The van der Waals surface area contributed by atoms with Crippen LogP contribution in [0.2, 0.25) is 0 Å². The summed E-state index contributed by atoms with van der Waals surface area (Å²) in [6.45, 7) is 4.59. The highest BCUT2D eigenvalue weighted by Gasteiger charge is 2.23. The van der Waals surface area contributed by atoms with Crippen LogP contribution < -0.4 is 5.32 Å². The second kappa shape index (κ2) is 8.78. The summed E-state index contributed by atoms with van der Waals surface area (Å²) in [6, 6.07) is 2.23. The third-order valence-corrected chi connectivity index (χ3v) is 4.84. The molecule has 112 valence electrons. The first kappa shape index (κ1) is 16.0. The molecule has 2 atom stereocenters. The molecule has 1 heterocycles. The van der Waals surface area contributed by atoms with Crippen LogP contribution in [0.5, 0.6) is 0 Å². The number of nitrogens with zero attached hydrogens (tertiary/aromatic N) is 1.